The van der Waals surface area contributed by atoms with Crippen LogP contribution in [-0.2, 0) is 14.3 Å². The van der Waals surface area contributed by atoms with Crippen LogP contribution in [0.2, 0.25) is 4.82 Å². The van der Waals surface area contributed by atoms with E-state index in [4.69, 9.17) is 20.9 Å². The van der Waals surface area contributed by atoms with Gasteiger partial charge in [0.05, 0.1) is 0 Å². The Bertz CT molecular complexity index is 792. The first-order valence-corrected chi connectivity index (χ1v) is 9.51. The van der Waals surface area contributed by atoms with Gasteiger partial charge in [-0.1, -0.05) is 0 Å². The third kappa shape index (κ3) is 3.66. The van der Waals surface area contributed by atoms with Crippen LogP contribution in [0.4, 0.5) is 5.82 Å². The van der Waals surface area contributed by atoms with Gasteiger partial charge in [-0.15, -0.1) is 0 Å². The van der Waals surface area contributed by atoms with Crippen LogP contribution in [0, 0.1) is 0 Å². The molecule has 5 atom stereocenters. The fourth-order valence-corrected chi connectivity index (χ4v) is 3.53. The molecule has 1 aliphatic rings. The van der Waals surface area contributed by atoms with Crippen LogP contribution in [0.1, 0.15) is 12.6 Å². The van der Waals surface area contributed by atoms with Crippen molar-refractivity contribution in [2.45, 2.75) is 35.7 Å². The maximum atomic E-state index is 11.8. The van der Waals surface area contributed by atoms with Crippen molar-refractivity contribution in [2.75, 3.05) is 18.1 Å². The number of aliphatic hydroxyl groups excluding tert-OH is 1. The normalized spacial score (nSPS) is 26.9. The van der Waals surface area contributed by atoms with Gasteiger partial charge in [0.2, 0.25) is 0 Å². The number of nitrogens with zero attached hydrogens (tertiary/aromatic N) is 4. The maximum absolute atomic E-state index is 11.8. The molecule has 3 rings (SSSR count). The molecule has 0 aromatic carbocycles. The number of aromatic nitrogens is 4. The number of carbonyl (C=O) groups excluding carboxylic acids is 1. The molecule has 2 aromatic rings. The summed E-state index contributed by atoms with van der Waals surface area (Å²) >= 11 is 6.91. The van der Waals surface area contributed by atoms with Gasteiger partial charge in [-0.05, 0) is 0 Å². The molecule has 141 valence electrons. The molecule has 12 heteroatoms. The molecule has 0 bridgehead atoms. The Balaban J connectivity index is 1.71. The van der Waals surface area contributed by atoms with Crippen molar-refractivity contribution in [1.29, 1.82) is 0 Å². The Morgan fingerprint density at radius 1 is 1.50 bits per heavy atom. The molecule has 26 heavy (non-hydrogen) atoms. The van der Waals surface area contributed by atoms with Gasteiger partial charge in [0.25, 0.3) is 0 Å². The molecule has 0 aliphatic carbocycles. The monoisotopic (exact) mass is 447 g/mol. The molecule has 0 saturated carbocycles. The molecule has 3 heterocycles. The summed E-state index contributed by atoms with van der Waals surface area (Å²) in [5, 5.41) is 10.5. The van der Waals surface area contributed by atoms with Crippen LogP contribution >= 0.6 is 12.6 Å². The second-order valence-electron chi connectivity index (χ2n) is 5.85. The molecule has 1 radical (unpaired) electrons. The number of imidazole rings is 1. The molecular formula is C14H19N6O4SSe. The van der Waals surface area contributed by atoms with Gasteiger partial charge < -0.3 is 0 Å². The second kappa shape index (κ2) is 8.07. The van der Waals surface area contributed by atoms with Crippen molar-refractivity contribution in [3.8, 4) is 0 Å². The Kier molecular flexibility index (Phi) is 6.00. The predicted octanol–water partition coefficient (Wildman–Crippen LogP) is -1.19. The minimum atomic E-state index is -0.890. The van der Waals surface area contributed by atoms with E-state index in [9.17, 15) is 9.90 Å². The number of nitrogen functional groups attached to an aromatic ring is 1. The predicted molar refractivity (Wildman–Crippen MR) is 96.6 cm³/mol. The summed E-state index contributed by atoms with van der Waals surface area (Å²) in [7, 11) is 0. The van der Waals surface area contributed by atoms with Crippen LogP contribution in [-0.4, -0.2) is 77.2 Å². The van der Waals surface area contributed by atoms with Gasteiger partial charge in [0, 0.05) is 0 Å². The number of thiol groups is 1. The van der Waals surface area contributed by atoms with E-state index in [2.05, 4.69) is 43.6 Å². The third-order valence-corrected chi connectivity index (χ3v) is 5.58. The van der Waals surface area contributed by atoms with Gasteiger partial charge in [0.1, 0.15) is 0 Å². The quantitative estimate of drug-likeness (QED) is 0.244. The molecule has 0 amide bonds. The molecule has 0 unspecified atom stereocenters. The van der Waals surface area contributed by atoms with E-state index < -0.39 is 35.3 Å². The standard InChI is InChI=1S/C14H19N6O4SSe/c15-6(1-2-25)14(22)23-3-7-10(26)9(21)13(24-7)20-5-19-8-11(16)17-4-18-12(8)20/h4-7,9-10,13,21,25H,1-3,15H2,(H2,16,17,18)/t6-,7+,9+,10+,13+/m0/s1. The number of aliphatic hydroxyl groups is 1. The molecule has 0 spiro atoms. The van der Waals surface area contributed by atoms with Crippen LogP contribution in [0.5, 0.6) is 0 Å². The van der Waals surface area contributed by atoms with Gasteiger partial charge in [-0.2, -0.15) is 0 Å². The number of hydrogen-bond donors (Lipinski definition) is 4. The molecule has 1 aliphatic heterocycles. The molecule has 5 N–H and O–H groups in total. The first-order valence-electron chi connectivity index (χ1n) is 7.89. The van der Waals surface area contributed by atoms with E-state index in [0.29, 0.717) is 23.3 Å². The Morgan fingerprint density at radius 2 is 2.27 bits per heavy atom. The molecule has 2 aromatic heterocycles. The van der Waals surface area contributed by atoms with Gasteiger partial charge in [0.15, 0.2) is 0 Å². The van der Waals surface area contributed by atoms with Crippen LogP contribution in [0.25, 0.3) is 11.2 Å². The summed E-state index contributed by atoms with van der Waals surface area (Å²) < 4.78 is 12.7. The number of fused-ring (bicyclic) bond motifs is 1. The average molecular weight is 446 g/mol. The van der Waals surface area contributed by atoms with Crippen LogP contribution in [0.3, 0.4) is 0 Å². The van der Waals surface area contributed by atoms with E-state index in [1.54, 1.807) is 4.57 Å². The van der Waals surface area contributed by atoms with Gasteiger partial charge in [-0.25, -0.2) is 0 Å². The zero-order valence-electron chi connectivity index (χ0n) is 13.6. The zero-order chi connectivity index (χ0) is 18.8. The molecule has 10 nitrogen and oxygen atoms in total. The van der Waals surface area contributed by atoms with Crippen molar-refractivity contribution >= 4 is 51.6 Å². The fraction of sp³-hybridized carbons (Fsp3) is 0.571. The first-order chi connectivity index (χ1) is 12.4. The van der Waals surface area contributed by atoms with E-state index in [0.717, 1.165) is 0 Å². The summed E-state index contributed by atoms with van der Waals surface area (Å²) in [4.78, 5) is 23.6. The SMILES string of the molecule is Nc1ncnc2c1ncn2[C@@H]1O[C@H](COC(=O)[C@@H](N)CCS)[C@@H]([Se])[C@H]1O. The van der Waals surface area contributed by atoms with E-state index in [1.807, 2.05) is 0 Å². The second-order valence-corrected chi connectivity index (χ2v) is 7.44. The molecular weight excluding hydrogens is 427 g/mol. The van der Waals surface area contributed by atoms with Crippen LogP contribution in [0.15, 0.2) is 12.7 Å². The average Bonchev–Trinajstić information content (AvgIpc) is 3.16. The number of esters is 1. The number of hydrogen-bond acceptors (Lipinski definition) is 10. The minimum absolute atomic E-state index is 0.0336. The Morgan fingerprint density at radius 3 is 3.00 bits per heavy atom. The summed E-state index contributed by atoms with van der Waals surface area (Å²) in [6.07, 6.45) is 1.03. The summed E-state index contributed by atoms with van der Waals surface area (Å²) in [6, 6.07) is -0.730. The van der Waals surface area contributed by atoms with Crippen molar-refractivity contribution in [3.05, 3.63) is 12.7 Å². The summed E-state index contributed by atoms with van der Waals surface area (Å²) in [5.74, 6) is 0.200. The van der Waals surface area contributed by atoms with E-state index in [1.165, 1.54) is 12.7 Å². The topological polar surface area (TPSA) is 151 Å². The van der Waals surface area contributed by atoms with E-state index >= 15 is 0 Å². The van der Waals surface area contributed by atoms with Crippen LogP contribution < -0.4 is 11.5 Å². The fourth-order valence-electron chi connectivity index (χ4n) is 2.67. The number of carbonyl (C=O) groups is 1. The Hall–Kier alpha value is -1.43. The first kappa shape index (κ1) is 19.3. The van der Waals surface area contributed by atoms with Crippen molar-refractivity contribution in [1.82, 2.24) is 19.5 Å². The number of rotatable bonds is 6. The zero-order valence-corrected chi connectivity index (χ0v) is 16.2. The molecule has 1 fully saturated rings. The van der Waals surface area contributed by atoms with Crippen molar-refractivity contribution < 1.29 is 19.4 Å². The Labute approximate surface area is 162 Å². The molecule has 1 saturated heterocycles. The van der Waals surface area contributed by atoms with Crippen molar-refractivity contribution in [2.24, 2.45) is 5.73 Å². The van der Waals surface area contributed by atoms with Gasteiger partial charge in [-0.3, -0.25) is 0 Å². The van der Waals surface area contributed by atoms with Gasteiger partial charge >= 0.3 is 163 Å². The summed E-state index contributed by atoms with van der Waals surface area (Å²) in [5.41, 5.74) is 12.3. The summed E-state index contributed by atoms with van der Waals surface area (Å²) in [6.45, 7) is -0.0336. The number of ether oxygens (including phenoxy) is 2. The third-order valence-electron chi connectivity index (χ3n) is 4.10. The number of nitrogens with two attached hydrogens (primary N) is 2. The van der Waals surface area contributed by atoms with E-state index in [-0.39, 0.29) is 12.4 Å². The van der Waals surface area contributed by atoms with Crippen molar-refractivity contribution in [3.63, 3.8) is 0 Å². The number of anilines is 1.